The van der Waals surface area contributed by atoms with Gasteiger partial charge >= 0.3 is 0 Å². The van der Waals surface area contributed by atoms with Gasteiger partial charge in [-0.05, 0) is 31.6 Å². The van der Waals surface area contributed by atoms with Crippen LogP contribution in [0, 0.1) is 11.8 Å². The van der Waals surface area contributed by atoms with E-state index in [1.54, 1.807) is 0 Å². The number of nitrogens with one attached hydrogen (secondary N) is 3. The number of hydrogen-bond donors (Lipinski definition) is 3. The summed E-state index contributed by atoms with van der Waals surface area (Å²) in [6, 6.07) is 0.705. The van der Waals surface area contributed by atoms with E-state index in [2.05, 4.69) is 41.9 Å². The highest BCUT2D eigenvalue weighted by Crippen LogP contribution is 2.15. The molecule has 0 aromatic heterocycles. The third kappa shape index (κ3) is 3.58. The van der Waals surface area contributed by atoms with Crippen LogP contribution in [0.25, 0.3) is 0 Å². The molecule has 3 nitrogen and oxygen atoms in total. The zero-order chi connectivity index (χ0) is 11.4. The third-order valence-corrected chi connectivity index (χ3v) is 3.65. The summed E-state index contributed by atoms with van der Waals surface area (Å²) in [6.07, 6.45) is 7.69. The minimum absolute atomic E-state index is 0.385. The van der Waals surface area contributed by atoms with Gasteiger partial charge in [-0.1, -0.05) is 19.1 Å². The predicted octanol–water partition coefficient (Wildman–Crippen LogP) is 1.09. The molecule has 2 aliphatic heterocycles. The molecule has 2 atom stereocenters. The summed E-state index contributed by atoms with van der Waals surface area (Å²) in [4.78, 5) is 0. The van der Waals surface area contributed by atoms with E-state index in [0.29, 0.717) is 12.2 Å². The molecule has 0 radical (unpaired) electrons. The summed E-state index contributed by atoms with van der Waals surface area (Å²) >= 11 is 0. The summed E-state index contributed by atoms with van der Waals surface area (Å²) < 4.78 is 0. The lowest BCUT2D eigenvalue weighted by molar-refractivity contribution is 0.341. The highest BCUT2D eigenvalue weighted by Gasteiger charge is 2.17. The Bertz CT molecular complexity index is 199. The highest BCUT2D eigenvalue weighted by atomic mass is 15.1. The molecular formula is C13H25N3. The molecule has 0 amide bonds. The molecule has 2 unspecified atom stereocenters. The van der Waals surface area contributed by atoms with Crippen LogP contribution in [0.2, 0.25) is 0 Å². The summed E-state index contributed by atoms with van der Waals surface area (Å²) in [5, 5.41) is 10.5. The number of rotatable bonds is 2. The number of hydrogen-bond acceptors (Lipinski definition) is 3. The molecule has 2 saturated heterocycles. The van der Waals surface area contributed by atoms with Crippen LogP contribution >= 0.6 is 0 Å². The van der Waals surface area contributed by atoms with Crippen molar-refractivity contribution in [3.05, 3.63) is 12.2 Å². The van der Waals surface area contributed by atoms with E-state index >= 15 is 0 Å². The third-order valence-electron chi connectivity index (χ3n) is 3.65. The fraction of sp³-hybridized carbons (Fsp3) is 0.846. The van der Waals surface area contributed by atoms with E-state index in [-0.39, 0.29) is 0 Å². The second kappa shape index (κ2) is 5.80. The van der Waals surface area contributed by atoms with Gasteiger partial charge in [0.25, 0.3) is 0 Å². The second-order valence-corrected chi connectivity index (χ2v) is 5.43. The largest absolute Gasteiger partial charge is 0.314 e. The van der Waals surface area contributed by atoms with Crippen molar-refractivity contribution in [1.82, 2.24) is 16.0 Å². The molecule has 0 aromatic rings. The second-order valence-electron chi connectivity index (χ2n) is 5.43. The maximum absolute atomic E-state index is 3.53. The van der Waals surface area contributed by atoms with Crippen LogP contribution in [0.1, 0.15) is 26.7 Å². The van der Waals surface area contributed by atoms with Gasteiger partial charge in [-0.25, -0.2) is 0 Å². The van der Waals surface area contributed by atoms with E-state index < -0.39 is 0 Å². The first-order chi connectivity index (χ1) is 7.74. The van der Waals surface area contributed by atoms with Crippen LogP contribution in [0.5, 0.6) is 0 Å². The first kappa shape index (κ1) is 12.1. The minimum atomic E-state index is 0.385. The molecule has 0 aliphatic carbocycles. The van der Waals surface area contributed by atoms with Crippen LogP contribution in [-0.4, -0.2) is 31.8 Å². The Kier molecular flexibility index (Phi) is 4.38. The van der Waals surface area contributed by atoms with Crippen molar-refractivity contribution in [3.8, 4) is 0 Å². The monoisotopic (exact) mass is 223 g/mol. The normalized spacial score (nSPS) is 41.4. The summed E-state index contributed by atoms with van der Waals surface area (Å²) in [6.45, 7) is 7.93. The van der Waals surface area contributed by atoms with Gasteiger partial charge in [0.15, 0.2) is 0 Å². The molecule has 16 heavy (non-hydrogen) atoms. The predicted molar refractivity (Wildman–Crippen MR) is 68.3 cm³/mol. The average molecular weight is 223 g/mol. The lowest BCUT2D eigenvalue weighted by Crippen LogP contribution is -2.50. The van der Waals surface area contributed by atoms with Gasteiger partial charge in [0.2, 0.25) is 0 Å². The maximum atomic E-state index is 3.53. The van der Waals surface area contributed by atoms with Crippen LogP contribution in [0.3, 0.4) is 0 Å². The fourth-order valence-corrected chi connectivity index (χ4v) is 2.39. The molecule has 2 rings (SSSR count). The Labute approximate surface area is 99.1 Å². The molecule has 0 saturated carbocycles. The molecule has 3 heteroatoms. The SMILES string of the molecule is CC1CNC(C=CC2CCC(C)NC2)NC1. The van der Waals surface area contributed by atoms with Crippen molar-refractivity contribution in [2.75, 3.05) is 19.6 Å². The standard InChI is InChI=1S/C13H25N3/c1-10-7-15-13(16-8-10)6-5-12-4-3-11(2)14-9-12/h5-6,10-16H,3-4,7-9H2,1-2H3. The zero-order valence-corrected chi connectivity index (χ0v) is 10.5. The molecular weight excluding hydrogens is 198 g/mol. The Morgan fingerprint density at radius 1 is 0.875 bits per heavy atom. The lowest BCUT2D eigenvalue weighted by atomic mass is 9.95. The topological polar surface area (TPSA) is 36.1 Å². The first-order valence-corrected chi connectivity index (χ1v) is 6.62. The minimum Gasteiger partial charge on any atom is -0.314 e. The molecule has 92 valence electrons. The van der Waals surface area contributed by atoms with Crippen molar-refractivity contribution in [1.29, 1.82) is 0 Å². The molecule has 2 fully saturated rings. The number of piperidine rings is 1. The fourth-order valence-electron chi connectivity index (χ4n) is 2.39. The summed E-state index contributed by atoms with van der Waals surface area (Å²) in [5.41, 5.74) is 0. The Morgan fingerprint density at radius 2 is 1.62 bits per heavy atom. The van der Waals surface area contributed by atoms with Crippen molar-refractivity contribution in [2.45, 2.75) is 38.9 Å². The molecule has 0 aromatic carbocycles. The van der Waals surface area contributed by atoms with E-state index in [1.165, 1.54) is 12.8 Å². The van der Waals surface area contributed by atoms with Crippen molar-refractivity contribution in [3.63, 3.8) is 0 Å². The summed E-state index contributed by atoms with van der Waals surface area (Å²) in [5.74, 6) is 1.47. The van der Waals surface area contributed by atoms with Gasteiger partial charge in [-0.3, -0.25) is 10.6 Å². The quantitative estimate of drug-likeness (QED) is 0.613. The van der Waals surface area contributed by atoms with Gasteiger partial charge in [-0.15, -0.1) is 0 Å². The molecule has 2 aliphatic rings. The molecule has 0 bridgehead atoms. The highest BCUT2D eigenvalue weighted by molar-refractivity contribution is 4.99. The van der Waals surface area contributed by atoms with Crippen molar-refractivity contribution in [2.24, 2.45) is 11.8 Å². The molecule has 2 heterocycles. The van der Waals surface area contributed by atoms with Gasteiger partial charge in [0.05, 0.1) is 6.17 Å². The van der Waals surface area contributed by atoms with Crippen LogP contribution < -0.4 is 16.0 Å². The Morgan fingerprint density at radius 3 is 2.25 bits per heavy atom. The molecule has 0 spiro atoms. The van der Waals surface area contributed by atoms with Crippen LogP contribution in [0.15, 0.2) is 12.2 Å². The van der Waals surface area contributed by atoms with Gasteiger partial charge in [-0.2, -0.15) is 0 Å². The Balaban J connectivity index is 1.72. The van der Waals surface area contributed by atoms with Gasteiger partial charge < -0.3 is 5.32 Å². The van der Waals surface area contributed by atoms with Gasteiger partial charge in [0.1, 0.15) is 0 Å². The van der Waals surface area contributed by atoms with E-state index in [0.717, 1.165) is 31.5 Å². The van der Waals surface area contributed by atoms with E-state index in [9.17, 15) is 0 Å². The van der Waals surface area contributed by atoms with Crippen LogP contribution in [0.4, 0.5) is 0 Å². The van der Waals surface area contributed by atoms with Gasteiger partial charge in [0, 0.05) is 25.7 Å². The smallest absolute Gasteiger partial charge is 0.0764 e. The Hall–Kier alpha value is -0.380. The maximum Gasteiger partial charge on any atom is 0.0764 e. The van der Waals surface area contributed by atoms with Crippen molar-refractivity contribution >= 4 is 0 Å². The van der Waals surface area contributed by atoms with E-state index in [1.807, 2.05) is 0 Å². The van der Waals surface area contributed by atoms with Crippen LogP contribution in [-0.2, 0) is 0 Å². The average Bonchev–Trinajstić information content (AvgIpc) is 2.30. The lowest BCUT2D eigenvalue weighted by Gasteiger charge is -2.29. The van der Waals surface area contributed by atoms with Crippen molar-refractivity contribution < 1.29 is 0 Å². The first-order valence-electron chi connectivity index (χ1n) is 6.62. The summed E-state index contributed by atoms with van der Waals surface area (Å²) in [7, 11) is 0. The molecule has 3 N–H and O–H groups in total. The van der Waals surface area contributed by atoms with E-state index in [4.69, 9.17) is 0 Å². The zero-order valence-electron chi connectivity index (χ0n) is 10.5.